The molecule has 0 saturated heterocycles. The van der Waals surface area contributed by atoms with E-state index in [0.29, 0.717) is 0 Å². The van der Waals surface area contributed by atoms with Gasteiger partial charge >= 0.3 is 0 Å². The molecule has 0 atom stereocenters. The third-order valence-electron chi connectivity index (χ3n) is 2.35. The minimum absolute atomic E-state index is 0.0676. The van der Waals surface area contributed by atoms with Gasteiger partial charge < -0.3 is 0 Å². The minimum atomic E-state index is 0.0676. The van der Waals surface area contributed by atoms with Gasteiger partial charge in [-0.3, -0.25) is 4.79 Å². The number of benzene rings is 1. The van der Waals surface area contributed by atoms with E-state index in [4.69, 9.17) is 0 Å². The quantitative estimate of drug-likeness (QED) is 0.527. The van der Waals surface area contributed by atoms with E-state index in [1.807, 2.05) is 31.2 Å². The summed E-state index contributed by atoms with van der Waals surface area (Å²) in [5.74, 6) is 0.0676. The molecule has 1 aromatic carbocycles. The van der Waals surface area contributed by atoms with E-state index in [0.717, 1.165) is 5.56 Å². The van der Waals surface area contributed by atoms with Crippen molar-refractivity contribution < 1.29 is 4.79 Å². The molecule has 1 rings (SSSR count). The molecule has 15 heavy (non-hydrogen) atoms. The molecule has 0 saturated carbocycles. The van der Waals surface area contributed by atoms with Gasteiger partial charge in [0, 0.05) is 5.56 Å². The Morgan fingerprint density at radius 1 is 1.13 bits per heavy atom. The summed E-state index contributed by atoms with van der Waals surface area (Å²) in [5, 5.41) is 0. The van der Waals surface area contributed by atoms with E-state index in [1.54, 1.807) is 12.2 Å². The molecule has 0 unspecified atom stereocenters. The van der Waals surface area contributed by atoms with Gasteiger partial charge in [-0.15, -0.1) is 0 Å². The van der Waals surface area contributed by atoms with E-state index >= 15 is 0 Å². The first-order valence-electron chi connectivity index (χ1n) is 5.22. The van der Waals surface area contributed by atoms with Crippen molar-refractivity contribution in [2.45, 2.75) is 33.1 Å². The summed E-state index contributed by atoms with van der Waals surface area (Å²) in [6.45, 7) is 8.34. The maximum Gasteiger partial charge on any atom is 0.185 e. The van der Waals surface area contributed by atoms with Crippen LogP contribution in [0.2, 0.25) is 0 Å². The number of hydrogen-bond donors (Lipinski definition) is 0. The molecule has 0 aliphatic heterocycles. The predicted octanol–water partition coefficient (Wildman–Crippen LogP) is 3.74. The number of hydrogen-bond acceptors (Lipinski definition) is 1. The van der Waals surface area contributed by atoms with Gasteiger partial charge in [-0.1, -0.05) is 51.1 Å². The Hall–Kier alpha value is -1.37. The lowest BCUT2D eigenvalue weighted by Crippen LogP contribution is -2.11. The molecule has 0 aromatic heterocycles. The molecular formula is C14H18O. The van der Waals surface area contributed by atoms with E-state index in [1.165, 1.54) is 5.56 Å². The van der Waals surface area contributed by atoms with Crippen molar-refractivity contribution >= 4 is 5.78 Å². The van der Waals surface area contributed by atoms with Crippen LogP contribution >= 0.6 is 0 Å². The average Bonchev–Trinajstić information content (AvgIpc) is 2.17. The standard InChI is InChI=1S/C14H18O/c1-5-6-13(15)11-7-9-12(10-8-11)14(2,3)4/h5-10H,1-4H3/b6-5+. The summed E-state index contributed by atoms with van der Waals surface area (Å²) in [4.78, 5) is 11.5. The Bertz CT molecular complexity index is 363. The Labute approximate surface area is 91.8 Å². The van der Waals surface area contributed by atoms with Crippen LogP contribution < -0.4 is 0 Å². The van der Waals surface area contributed by atoms with E-state index in [9.17, 15) is 4.79 Å². The number of carbonyl (C=O) groups excluding carboxylic acids is 1. The molecule has 0 spiro atoms. The third kappa shape index (κ3) is 3.05. The zero-order valence-electron chi connectivity index (χ0n) is 9.87. The molecule has 0 heterocycles. The van der Waals surface area contributed by atoms with Gasteiger partial charge in [0.2, 0.25) is 0 Å². The van der Waals surface area contributed by atoms with Gasteiger partial charge in [-0.25, -0.2) is 0 Å². The van der Waals surface area contributed by atoms with Crippen molar-refractivity contribution in [1.82, 2.24) is 0 Å². The normalized spacial score (nSPS) is 12.0. The lowest BCUT2D eigenvalue weighted by Gasteiger charge is -2.18. The lowest BCUT2D eigenvalue weighted by molar-refractivity contribution is 0.104. The van der Waals surface area contributed by atoms with Crippen molar-refractivity contribution in [2.24, 2.45) is 0 Å². The fourth-order valence-electron chi connectivity index (χ4n) is 1.38. The maximum atomic E-state index is 11.5. The SMILES string of the molecule is C/C=C/C(=O)c1ccc(C(C)(C)C)cc1. The first kappa shape index (κ1) is 11.7. The lowest BCUT2D eigenvalue weighted by atomic mass is 9.86. The zero-order chi connectivity index (χ0) is 11.5. The second-order valence-corrected chi connectivity index (χ2v) is 4.69. The smallest absolute Gasteiger partial charge is 0.185 e. The van der Waals surface area contributed by atoms with Gasteiger partial charge in [0.25, 0.3) is 0 Å². The van der Waals surface area contributed by atoms with Crippen LogP contribution in [0.25, 0.3) is 0 Å². The highest BCUT2D eigenvalue weighted by Crippen LogP contribution is 2.22. The fraction of sp³-hybridized carbons (Fsp3) is 0.357. The van der Waals surface area contributed by atoms with E-state index < -0.39 is 0 Å². The summed E-state index contributed by atoms with van der Waals surface area (Å²) in [5.41, 5.74) is 2.14. The highest BCUT2D eigenvalue weighted by Gasteiger charge is 2.13. The van der Waals surface area contributed by atoms with E-state index in [-0.39, 0.29) is 11.2 Å². The second kappa shape index (κ2) is 4.43. The largest absolute Gasteiger partial charge is 0.289 e. The molecule has 1 nitrogen and oxygen atoms in total. The van der Waals surface area contributed by atoms with Gasteiger partial charge in [0.15, 0.2) is 5.78 Å². The number of ketones is 1. The molecule has 1 aromatic rings. The zero-order valence-corrected chi connectivity index (χ0v) is 9.87. The van der Waals surface area contributed by atoms with E-state index in [2.05, 4.69) is 20.8 Å². The van der Waals surface area contributed by atoms with Crippen LogP contribution in [0.5, 0.6) is 0 Å². The molecule has 0 aliphatic carbocycles. The summed E-state index contributed by atoms with van der Waals surface area (Å²) in [6, 6.07) is 7.83. The van der Waals surface area contributed by atoms with Crippen LogP contribution in [0.4, 0.5) is 0 Å². The Morgan fingerprint density at radius 3 is 2.07 bits per heavy atom. The number of rotatable bonds is 2. The van der Waals surface area contributed by atoms with Crippen molar-refractivity contribution in [2.75, 3.05) is 0 Å². The summed E-state index contributed by atoms with van der Waals surface area (Å²) >= 11 is 0. The van der Waals surface area contributed by atoms with Gasteiger partial charge in [-0.05, 0) is 24.0 Å². The Balaban J connectivity index is 2.95. The topological polar surface area (TPSA) is 17.1 Å². The fourth-order valence-corrected chi connectivity index (χ4v) is 1.38. The van der Waals surface area contributed by atoms with Crippen molar-refractivity contribution in [3.63, 3.8) is 0 Å². The van der Waals surface area contributed by atoms with Gasteiger partial charge in [0.05, 0.1) is 0 Å². The van der Waals surface area contributed by atoms with Crippen molar-refractivity contribution in [1.29, 1.82) is 0 Å². The van der Waals surface area contributed by atoms with Crippen LogP contribution in [0.3, 0.4) is 0 Å². The molecule has 80 valence electrons. The molecular weight excluding hydrogens is 184 g/mol. The van der Waals surface area contributed by atoms with Crippen LogP contribution in [0.1, 0.15) is 43.6 Å². The first-order chi connectivity index (χ1) is 6.95. The molecule has 0 N–H and O–H groups in total. The average molecular weight is 202 g/mol. The highest BCUT2D eigenvalue weighted by molar-refractivity contribution is 6.04. The Kier molecular flexibility index (Phi) is 3.46. The third-order valence-corrected chi connectivity index (χ3v) is 2.35. The van der Waals surface area contributed by atoms with Crippen LogP contribution in [0, 0.1) is 0 Å². The van der Waals surface area contributed by atoms with Gasteiger partial charge in [0.1, 0.15) is 0 Å². The van der Waals surface area contributed by atoms with Crippen molar-refractivity contribution in [3.05, 3.63) is 47.5 Å². The highest BCUT2D eigenvalue weighted by atomic mass is 16.1. The summed E-state index contributed by atoms with van der Waals surface area (Å²) in [7, 11) is 0. The number of carbonyl (C=O) groups is 1. The molecule has 0 bridgehead atoms. The molecule has 0 aliphatic rings. The summed E-state index contributed by atoms with van der Waals surface area (Å²) in [6.07, 6.45) is 3.35. The number of allylic oxidation sites excluding steroid dienone is 2. The molecule has 1 heteroatoms. The maximum absolute atomic E-state index is 11.5. The predicted molar refractivity (Wildman–Crippen MR) is 64.3 cm³/mol. The molecule has 0 radical (unpaired) electrons. The van der Waals surface area contributed by atoms with Crippen LogP contribution in [0.15, 0.2) is 36.4 Å². The minimum Gasteiger partial charge on any atom is -0.289 e. The first-order valence-corrected chi connectivity index (χ1v) is 5.22. The summed E-state index contributed by atoms with van der Waals surface area (Å²) < 4.78 is 0. The van der Waals surface area contributed by atoms with Crippen LogP contribution in [-0.4, -0.2) is 5.78 Å². The van der Waals surface area contributed by atoms with Crippen LogP contribution in [-0.2, 0) is 5.41 Å². The molecule has 0 fully saturated rings. The monoisotopic (exact) mass is 202 g/mol. The Morgan fingerprint density at radius 2 is 1.67 bits per heavy atom. The molecule has 0 amide bonds. The second-order valence-electron chi connectivity index (χ2n) is 4.69. The van der Waals surface area contributed by atoms with Crippen molar-refractivity contribution in [3.8, 4) is 0 Å². The van der Waals surface area contributed by atoms with Gasteiger partial charge in [-0.2, -0.15) is 0 Å².